The maximum atomic E-state index is 13.1. The molecule has 0 radical (unpaired) electrons. The quantitative estimate of drug-likeness (QED) is 0.0452. The Morgan fingerprint density at radius 2 is 0.638 bits per heavy atom. The fourth-order valence-electron chi connectivity index (χ4n) is 12.1. The highest BCUT2D eigenvalue weighted by atomic mass is 16.8. The van der Waals surface area contributed by atoms with Gasteiger partial charge in [-0.15, -0.1) is 0 Å². The van der Waals surface area contributed by atoms with Gasteiger partial charge in [-0.3, -0.25) is 9.59 Å². The van der Waals surface area contributed by atoms with Crippen LogP contribution in [0.15, 0.2) is 0 Å². The summed E-state index contributed by atoms with van der Waals surface area (Å²) in [5, 5.41) is 255. The van der Waals surface area contributed by atoms with E-state index in [2.05, 4.69) is 10.6 Å². The Balaban J connectivity index is 1.04. The third-order valence-corrected chi connectivity index (χ3v) is 17.4. The molecule has 8 aliphatic rings. The molecule has 25 N–H and O–H groups in total. The van der Waals surface area contributed by atoms with Crippen LogP contribution in [0, 0.1) is 0 Å². The second kappa shape index (κ2) is 33.3. The van der Waals surface area contributed by atoms with E-state index in [0.717, 1.165) is 13.8 Å². The van der Waals surface area contributed by atoms with Crippen molar-refractivity contribution in [2.45, 2.75) is 266 Å². The van der Waals surface area contributed by atoms with Gasteiger partial charge in [0, 0.05) is 13.8 Å². The predicted molar refractivity (Wildman–Crippen MR) is 286 cm³/mol. The molecule has 8 aliphatic heterocycles. The molecule has 40 atom stereocenters. The number of hydrogen-bond acceptors (Lipinski definition) is 40. The normalized spacial score (nSPS) is 51.2. The van der Waals surface area contributed by atoms with E-state index in [1.54, 1.807) is 0 Å². The summed E-state index contributed by atoms with van der Waals surface area (Å²) < 4.78 is 87.0. The van der Waals surface area contributed by atoms with Crippen molar-refractivity contribution < 1.29 is 198 Å². The molecule has 0 unspecified atom stereocenters. The fourth-order valence-corrected chi connectivity index (χ4v) is 12.1. The molecule has 0 bridgehead atoms. The largest absolute Gasteiger partial charge is 0.394 e. The average molecular weight is 1380 g/mol. The Bertz CT molecular complexity index is 2360. The van der Waals surface area contributed by atoms with Gasteiger partial charge in [-0.25, -0.2) is 0 Å². The molecule has 2 amide bonds. The molecule has 42 nitrogen and oxygen atoms in total. The van der Waals surface area contributed by atoms with Crippen LogP contribution >= 0.6 is 0 Å². The first-order chi connectivity index (χ1) is 44.4. The Morgan fingerprint density at radius 1 is 0.298 bits per heavy atom. The number of amides is 2. The molecule has 8 saturated heterocycles. The number of aliphatic hydroxyl groups is 23. The Labute approximate surface area is 532 Å². The molecule has 546 valence electrons. The standard InChI is InChI=1S/C52H88N2O40/c1-11-23(63)28(68)34(74)49(81-11)93-43-22(54-13(3)62)47(85-19(9-60)42(43)92-50-35(75)29(69)25(65)15(5-56)84-50)90-41-18(8-59)87-51(37(77)32(41)72)94-44-26(66)20(88-52(38(44)78)91-39-16(6-57)82-45(79)33(73)30(39)70)10-80-48-36(76)31(71)40(17(7-58)86-48)89-46-21(53-12(2)61)27(67)24(64)14(4-55)83-46/h11,14-52,55-60,63-79H,4-10H2,1-3H3,(H,53,61)(H,54,62)/t11-,14+,15+,16+,17+,18+,19+,20+,21+,22+,23+,24+,25-,26-,27+,28+,29-,30+,31+,32+,33+,34-,35+,36+,37+,38+,39+,40-,41-,42+,43+,44-,45+,46-,47-,48+,49-,50-,51-,52-/m0/s1. The monoisotopic (exact) mass is 1380 g/mol. The first-order valence-corrected chi connectivity index (χ1v) is 30.0. The molecule has 0 aromatic heterocycles. The van der Waals surface area contributed by atoms with Crippen molar-refractivity contribution >= 4 is 11.8 Å². The van der Waals surface area contributed by atoms with Crippen LogP contribution in [0.1, 0.15) is 20.8 Å². The molecular weight excluding hydrogens is 1290 g/mol. The summed E-state index contributed by atoms with van der Waals surface area (Å²) in [4.78, 5) is 25.2. The third-order valence-electron chi connectivity index (χ3n) is 17.4. The predicted octanol–water partition coefficient (Wildman–Crippen LogP) is -17.1. The van der Waals surface area contributed by atoms with Crippen molar-refractivity contribution in [2.75, 3.05) is 46.2 Å². The van der Waals surface area contributed by atoms with Gasteiger partial charge in [0.25, 0.3) is 0 Å². The minimum absolute atomic E-state index is 0.755. The molecule has 0 saturated carbocycles. The van der Waals surface area contributed by atoms with Crippen molar-refractivity contribution in [3.63, 3.8) is 0 Å². The van der Waals surface area contributed by atoms with E-state index in [1.807, 2.05) is 0 Å². The fraction of sp³-hybridized carbons (Fsp3) is 0.962. The van der Waals surface area contributed by atoms with E-state index in [-0.39, 0.29) is 0 Å². The number of rotatable bonds is 23. The van der Waals surface area contributed by atoms with Crippen LogP contribution in [0.25, 0.3) is 0 Å². The first kappa shape index (κ1) is 77.2. The lowest BCUT2D eigenvalue weighted by Crippen LogP contribution is -2.71. The Hall–Kier alpha value is -2.58. The van der Waals surface area contributed by atoms with E-state index < -0.39 is 304 Å². The molecule has 0 aromatic rings. The van der Waals surface area contributed by atoms with Crippen LogP contribution in [0.2, 0.25) is 0 Å². The van der Waals surface area contributed by atoms with Crippen LogP contribution in [0.4, 0.5) is 0 Å². The molecule has 42 heteroatoms. The van der Waals surface area contributed by atoms with Gasteiger partial charge in [0.05, 0.1) is 52.4 Å². The van der Waals surface area contributed by atoms with Crippen molar-refractivity contribution in [3.05, 3.63) is 0 Å². The van der Waals surface area contributed by atoms with Gasteiger partial charge in [-0.05, 0) is 6.92 Å². The molecule has 0 aromatic carbocycles. The third kappa shape index (κ3) is 16.4. The SMILES string of the molecule is CC(=O)N[C@H]1[C@H](O[C@@H]2[C@H](O)[C@@H](O)[C@H](OC[C@H]3O[C@@H](O[C@H]4[C@H](O)[C@@H](O)[C@H](O)O[C@@H]4CO)[C@H](O)[C@@H](O[C@@H]4O[C@H](CO)[C@H](O[C@@H]5O[C@H](CO)[C@@H](O[C@@H]6O[C@H](CO)[C@H](O)[C@H](O)[C@H]6O)[C@H](O[C@@H]6O[C@@H](C)[C@@H](O)[C@@H](O)[C@@H]6O)[C@H]5NC(C)=O)[C@H](O)[C@H]4O)[C@H]3O)O[C@@H]2CO)O[C@H](CO)[C@@H](O)[C@@H]1O. The zero-order valence-electron chi connectivity index (χ0n) is 50.3. The smallest absolute Gasteiger partial charge is 0.217 e. The highest BCUT2D eigenvalue weighted by Gasteiger charge is 2.60. The molecule has 94 heavy (non-hydrogen) atoms. The zero-order valence-corrected chi connectivity index (χ0v) is 50.3. The second-order valence-electron chi connectivity index (χ2n) is 23.9. The molecule has 0 spiro atoms. The van der Waals surface area contributed by atoms with E-state index in [9.17, 15) is 127 Å². The number of nitrogens with one attached hydrogen (secondary N) is 2. The molecular formula is C52H88N2O40. The van der Waals surface area contributed by atoms with Crippen LogP contribution in [-0.4, -0.2) is 421 Å². The van der Waals surface area contributed by atoms with Gasteiger partial charge in [-0.1, -0.05) is 0 Å². The molecule has 8 heterocycles. The summed E-state index contributed by atoms with van der Waals surface area (Å²) in [6.07, 6.45) is -75.2. The number of hydrogen-bond donors (Lipinski definition) is 25. The lowest BCUT2D eigenvalue weighted by atomic mass is 9.93. The van der Waals surface area contributed by atoms with Gasteiger partial charge in [-0.2, -0.15) is 0 Å². The first-order valence-electron chi connectivity index (χ1n) is 30.0. The average Bonchev–Trinajstić information content (AvgIpc) is 0.771. The van der Waals surface area contributed by atoms with Gasteiger partial charge in [0.15, 0.2) is 50.3 Å². The Kier molecular flexibility index (Phi) is 27.3. The van der Waals surface area contributed by atoms with Gasteiger partial charge >= 0.3 is 0 Å². The van der Waals surface area contributed by atoms with E-state index in [4.69, 9.17) is 71.1 Å². The lowest BCUT2D eigenvalue weighted by Gasteiger charge is -2.51. The number of carbonyl (C=O) groups excluding carboxylic acids is 2. The van der Waals surface area contributed by atoms with Gasteiger partial charge in [0.2, 0.25) is 11.8 Å². The van der Waals surface area contributed by atoms with Crippen LogP contribution in [0.3, 0.4) is 0 Å². The summed E-state index contributed by atoms with van der Waals surface area (Å²) in [7, 11) is 0. The summed E-state index contributed by atoms with van der Waals surface area (Å²) in [6, 6.07) is -3.44. The van der Waals surface area contributed by atoms with Crippen molar-refractivity contribution in [2.24, 2.45) is 0 Å². The molecule has 8 rings (SSSR count). The minimum Gasteiger partial charge on any atom is -0.394 e. The zero-order chi connectivity index (χ0) is 69.2. The van der Waals surface area contributed by atoms with Crippen LogP contribution < -0.4 is 10.6 Å². The highest BCUT2D eigenvalue weighted by Crippen LogP contribution is 2.39. The van der Waals surface area contributed by atoms with E-state index >= 15 is 0 Å². The van der Waals surface area contributed by atoms with Crippen molar-refractivity contribution in [1.82, 2.24) is 10.6 Å². The minimum atomic E-state index is -2.42. The summed E-state index contributed by atoms with van der Waals surface area (Å²) in [5.74, 6) is -1.67. The van der Waals surface area contributed by atoms with Gasteiger partial charge in [0.1, 0.15) is 189 Å². The number of carbonyl (C=O) groups is 2. The van der Waals surface area contributed by atoms with Crippen LogP contribution in [-0.2, 0) is 80.6 Å². The van der Waals surface area contributed by atoms with E-state index in [1.165, 1.54) is 6.92 Å². The molecule has 8 fully saturated rings. The Morgan fingerprint density at radius 3 is 1.17 bits per heavy atom. The lowest BCUT2D eigenvalue weighted by molar-refractivity contribution is -0.396. The molecule has 0 aliphatic carbocycles. The second-order valence-corrected chi connectivity index (χ2v) is 23.9. The summed E-state index contributed by atoms with van der Waals surface area (Å²) in [6.45, 7) is -3.91. The van der Waals surface area contributed by atoms with Crippen molar-refractivity contribution in [3.8, 4) is 0 Å². The summed E-state index contributed by atoms with van der Waals surface area (Å²) >= 11 is 0. The maximum Gasteiger partial charge on any atom is 0.217 e. The van der Waals surface area contributed by atoms with Crippen molar-refractivity contribution in [1.29, 1.82) is 0 Å². The van der Waals surface area contributed by atoms with Crippen LogP contribution in [0.5, 0.6) is 0 Å². The maximum absolute atomic E-state index is 13.1. The van der Waals surface area contributed by atoms with E-state index in [0.29, 0.717) is 0 Å². The highest BCUT2D eigenvalue weighted by molar-refractivity contribution is 5.73. The van der Waals surface area contributed by atoms with Gasteiger partial charge < -0.3 is 199 Å². The summed E-state index contributed by atoms with van der Waals surface area (Å²) in [5.41, 5.74) is 0. The number of ether oxygens (including phenoxy) is 15. The number of aliphatic hydroxyl groups excluding tert-OH is 23. The topological polar surface area (TPSA) is 662 Å².